The summed E-state index contributed by atoms with van der Waals surface area (Å²) in [5, 5.41) is 3.56. The van der Waals surface area contributed by atoms with Crippen molar-refractivity contribution in [3.63, 3.8) is 0 Å². The van der Waals surface area contributed by atoms with Crippen molar-refractivity contribution in [3.05, 3.63) is 51.4 Å². The van der Waals surface area contributed by atoms with Crippen LogP contribution in [-0.2, 0) is 17.6 Å². The topological polar surface area (TPSA) is 81.1 Å². The van der Waals surface area contributed by atoms with Crippen LogP contribution in [0.3, 0.4) is 0 Å². The molecule has 1 aromatic carbocycles. The first-order valence-corrected chi connectivity index (χ1v) is 9.69. The number of fused-ring (bicyclic) bond motifs is 2. The van der Waals surface area contributed by atoms with Crippen LogP contribution in [0.5, 0.6) is 0 Å². The number of rotatable bonds is 4. The monoisotopic (exact) mass is 369 g/mol. The van der Waals surface area contributed by atoms with Gasteiger partial charge >= 0.3 is 0 Å². The highest BCUT2D eigenvalue weighted by molar-refractivity contribution is 7.99. The van der Waals surface area contributed by atoms with Crippen molar-refractivity contribution in [3.8, 4) is 0 Å². The van der Waals surface area contributed by atoms with Crippen LogP contribution in [-0.4, -0.2) is 27.0 Å². The molecule has 0 fully saturated rings. The largest absolute Gasteiger partial charge is 0.326 e. The summed E-state index contributed by atoms with van der Waals surface area (Å²) in [6.07, 6.45) is 2.84. The lowest BCUT2D eigenvalue weighted by Gasteiger charge is -2.14. The van der Waals surface area contributed by atoms with Gasteiger partial charge in [0.05, 0.1) is 11.7 Å². The predicted molar refractivity (Wildman–Crippen MR) is 100.0 cm³/mol. The molecule has 2 aromatic rings. The molecular weight excluding hydrogens is 350 g/mol. The summed E-state index contributed by atoms with van der Waals surface area (Å²) in [6, 6.07) is 6.69. The van der Waals surface area contributed by atoms with E-state index in [0.717, 1.165) is 35.7 Å². The summed E-state index contributed by atoms with van der Waals surface area (Å²) >= 11 is 1.54. The fourth-order valence-corrected chi connectivity index (χ4v) is 4.70. The third-order valence-electron chi connectivity index (χ3n) is 4.85. The number of carbonyl (C=O) groups is 2. The first kappa shape index (κ1) is 17.0. The van der Waals surface area contributed by atoms with E-state index >= 15 is 0 Å². The molecule has 0 spiro atoms. The Labute approximate surface area is 155 Å². The molecule has 26 heavy (non-hydrogen) atoms. The van der Waals surface area contributed by atoms with Crippen molar-refractivity contribution >= 4 is 29.1 Å². The zero-order valence-corrected chi connectivity index (χ0v) is 15.3. The molecule has 2 heterocycles. The fourth-order valence-electron chi connectivity index (χ4n) is 3.54. The van der Waals surface area contributed by atoms with E-state index in [-0.39, 0.29) is 29.7 Å². The van der Waals surface area contributed by atoms with Crippen LogP contribution in [0.2, 0.25) is 0 Å². The SMILES string of the molecule is CC(=O)c1cccc(NC(=O)CC2CSc3nc4c(c(=O)n32)CCC4)c1. The van der Waals surface area contributed by atoms with E-state index in [1.54, 1.807) is 28.8 Å². The highest BCUT2D eigenvalue weighted by atomic mass is 32.2. The normalized spacial score (nSPS) is 17.7. The van der Waals surface area contributed by atoms with Gasteiger partial charge in [0, 0.05) is 29.0 Å². The van der Waals surface area contributed by atoms with E-state index in [1.807, 2.05) is 0 Å². The number of ketones is 1. The Morgan fingerprint density at radius 3 is 3.00 bits per heavy atom. The summed E-state index contributed by atoms with van der Waals surface area (Å²) in [5.41, 5.74) is 2.91. The number of amides is 1. The second-order valence-corrected chi connectivity index (χ2v) is 7.69. The minimum atomic E-state index is -0.183. The van der Waals surface area contributed by atoms with Crippen LogP contribution in [0.1, 0.15) is 47.4 Å². The molecule has 0 saturated heterocycles. The lowest BCUT2D eigenvalue weighted by atomic mass is 10.1. The molecule has 1 amide bonds. The molecule has 1 atom stereocenters. The number of carbonyl (C=O) groups excluding carboxylic acids is 2. The van der Waals surface area contributed by atoms with Crippen molar-refractivity contribution in [1.29, 1.82) is 0 Å². The quantitative estimate of drug-likeness (QED) is 0.662. The van der Waals surface area contributed by atoms with Crippen LogP contribution in [0.4, 0.5) is 5.69 Å². The number of hydrogen-bond donors (Lipinski definition) is 1. The minimum absolute atomic E-state index is 0.0175. The van der Waals surface area contributed by atoms with Crippen LogP contribution in [0.15, 0.2) is 34.2 Å². The number of Topliss-reactive ketones (excluding diaryl/α,β-unsaturated/α-hetero) is 1. The predicted octanol–water partition coefficient (Wildman–Crippen LogP) is 2.61. The second kappa shape index (κ2) is 6.72. The van der Waals surface area contributed by atoms with Crippen LogP contribution in [0.25, 0.3) is 0 Å². The summed E-state index contributed by atoms with van der Waals surface area (Å²) in [7, 11) is 0. The average Bonchev–Trinajstić information content (AvgIpc) is 3.23. The number of hydrogen-bond acceptors (Lipinski definition) is 5. The van der Waals surface area contributed by atoms with Crippen molar-refractivity contribution in [2.75, 3.05) is 11.1 Å². The Hall–Kier alpha value is -2.41. The van der Waals surface area contributed by atoms with Gasteiger partial charge in [0.25, 0.3) is 5.56 Å². The fraction of sp³-hybridized carbons (Fsp3) is 0.368. The van der Waals surface area contributed by atoms with E-state index in [4.69, 9.17) is 0 Å². The number of nitrogens with zero attached hydrogens (tertiary/aromatic N) is 2. The van der Waals surface area contributed by atoms with E-state index in [1.165, 1.54) is 18.7 Å². The molecule has 134 valence electrons. The summed E-state index contributed by atoms with van der Waals surface area (Å²) in [4.78, 5) is 41.3. The Bertz CT molecular complexity index is 967. The van der Waals surface area contributed by atoms with Gasteiger partial charge in [0.15, 0.2) is 10.9 Å². The first-order chi connectivity index (χ1) is 12.5. The van der Waals surface area contributed by atoms with Gasteiger partial charge in [-0.1, -0.05) is 23.9 Å². The highest BCUT2D eigenvalue weighted by Crippen LogP contribution is 2.34. The smallest absolute Gasteiger partial charge is 0.257 e. The van der Waals surface area contributed by atoms with Crippen molar-refractivity contribution in [2.45, 2.75) is 43.8 Å². The van der Waals surface area contributed by atoms with Crippen LogP contribution in [0, 0.1) is 0 Å². The number of nitrogens with one attached hydrogen (secondary N) is 1. The van der Waals surface area contributed by atoms with Gasteiger partial charge in [0.1, 0.15) is 0 Å². The van der Waals surface area contributed by atoms with Gasteiger partial charge in [-0.2, -0.15) is 0 Å². The van der Waals surface area contributed by atoms with Gasteiger partial charge in [-0.25, -0.2) is 4.98 Å². The zero-order chi connectivity index (χ0) is 18.3. The second-order valence-electron chi connectivity index (χ2n) is 6.70. The van der Waals surface area contributed by atoms with Gasteiger partial charge in [0.2, 0.25) is 5.91 Å². The average molecular weight is 369 g/mol. The van der Waals surface area contributed by atoms with Crippen LogP contribution < -0.4 is 10.9 Å². The summed E-state index contributed by atoms with van der Waals surface area (Å²) < 4.78 is 1.69. The Morgan fingerprint density at radius 2 is 2.19 bits per heavy atom. The molecule has 4 rings (SSSR count). The van der Waals surface area contributed by atoms with Crippen molar-refractivity contribution < 1.29 is 9.59 Å². The number of aryl methyl sites for hydroxylation is 1. The lowest BCUT2D eigenvalue weighted by molar-refractivity contribution is -0.116. The van der Waals surface area contributed by atoms with Gasteiger partial charge < -0.3 is 5.32 Å². The standard InChI is InChI=1S/C19H19N3O3S/c1-11(23)12-4-2-5-13(8-12)20-17(24)9-14-10-26-19-21-16-7-3-6-15(16)18(25)22(14)19/h2,4-5,8,14H,3,6-7,9-10H2,1H3,(H,20,24). The number of thioether (sulfide) groups is 1. The zero-order valence-electron chi connectivity index (χ0n) is 14.4. The maximum atomic E-state index is 12.8. The maximum Gasteiger partial charge on any atom is 0.257 e. The molecular formula is C19H19N3O3S. The molecule has 6 nitrogen and oxygen atoms in total. The number of anilines is 1. The van der Waals surface area contributed by atoms with Gasteiger partial charge in [-0.3, -0.25) is 19.0 Å². The van der Waals surface area contributed by atoms with E-state index < -0.39 is 0 Å². The Morgan fingerprint density at radius 1 is 1.35 bits per heavy atom. The van der Waals surface area contributed by atoms with Gasteiger partial charge in [-0.15, -0.1) is 0 Å². The molecule has 0 saturated carbocycles. The molecule has 1 N–H and O–H groups in total. The molecule has 7 heteroatoms. The third kappa shape index (κ3) is 3.07. The molecule has 1 aliphatic carbocycles. The Balaban J connectivity index is 1.52. The summed E-state index contributed by atoms with van der Waals surface area (Å²) in [5.74, 6) is 0.455. The molecule has 1 aromatic heterocycles. The number of benzene rings is 1. The van der Waals surface area contributed by atoms with E-state index in [0.29, 0.717) is 17.0 Å². The first-order valence-electron chi connectivity index (χ1n) is 8.71. The number of aromatic nitrogens is 2. The maximum absolute atomic E-state index is 12.8. The lowest BCUT2D eigenvalue weighted by Crippen LogP contribution is -2.30. The van der Waals surface area contributed by atoms with Crippen LogP contribution >= 0.6 is 11.8 Å². The molecule has 0 radical (unpaired) electrons. The molecule has 1 unspecified atom stereocenters. The van der Waals surface area contributed by atoms with E-state index in [9.17, 15) is 14.4 Å². The van der Waals surface area contributed by atoms with Crippen molar-refractivity contribution in [2.24, 2.45) is 0 Å². The van der Waals surface area contributed by atoms with Gasteiger partial charge in [-0.05, 0) is 38.3 Å². The molecule has 0 bridgehead atoms. The third-order valence-corrected chi connectivity index (χ3v) is 5.94. The Kier molecular flexibility index (Phi) is 4.40. The van der Waals surface area contributed by atoms with Crippen molar-refractivity contribution in [1.82, 2.24) is 9.55 Å². The summed E-state index contributed by atoms with van der Waals surface area (Å²) in [6.45, 7) is 1.49. The highest BCUT2D eigenvalue weighted by Gasteiger charge is 2.31. The molecule has 1 aliphatic heterocycles. The van der Waals surface area contributed by atoms with E-state index in [2.05, 4.69) is 10.3 Å². The molecule has 2 aliphatic rings. The minimum Gasteiger partial charge on any atom is -0.326 e.